The summed E-state index contributed by atoms with van der Waals surface area (Å²) in [5.74, 6) is -1.18. The first kappa shape index (κ1) is 17.3. The second-order valence-corrected chi connectivity index (χ2v) is 5.32. The van der Waals surface area contributed by atoms with Crippen molar-refractivity contribution in [1.82, 2.24) is 15.3 Å². The van der Waals surface area contributed by atoms with E-state index in [2.05, 4.69) is 10.3 Å². The van der Waals surface area contributed by atoms with Gasteiger partial charge in [-0.15, -0.1) is 0 Å². The molecule has 2 rings (SSSR count). The number of rotatable bonds is 5. The third-order valence-electron chi connectivity index (χ3n) is 3.16. The number of benzene rings is 1. The number of carbonyl (C=O) groups is 1. The molecule has 0 aliphatic heterocycles. The zero-order valence-electron chi connectivity index (χ0n) is 13.1. The zero-order valence-corrected chi connectivity index (χ0v) is 13.1. The van der Waals surface area contributed by atoms with Gasteiger partial charge in [0.15, 0.2) is 11.6 Å². The van der Waals surface area contributed by atoms with Crippen molar-refractivity contribution in [1.29, 1.82) is 0 Å². The van der Waals surface area contributed by atoms with E-state index < -0.39 is 34.7 Å². The Hall–Kier alpha value is -3.10. The lowest BCUT2D eigenvalue weighted by molar-refractivity contribution is 0.0921. The Labute approximate surface area is 135 Å². The molecule has 1 heterocycles. The molecule has 9 heteroatoms. The number of hydrogen-bond donors (Lipinski definition) is 4. The number of nitrogen functional groups attached to an aromatic ring is 1. The average Bonchev–Trinajstić information content (AvgIpc) is 2.51. The van der Waals surface area contributed by atoms with Crippen LogP contribution in [0.15, 0.2) is 27.8 Å². The highest BCUT2D eigenvalue weighted by molar-refractivity contribution is 5.96. The summed E-state index contributed by atoms with van der Waals surface area (Å²) in [6.07, 6.45) is 0. The highest BCUT2D eigenvalue weighted by atomic mass is 19.1. The molecule has 0 unspecified atom stereocenters. The summed E-state index contributed by atoms with van der Waals surface area (Å²) >= 11 is 0. The quantitative estimate of drug-likeness (QED) is 0.623. The lowest BCUT2D eigenvalue weighted by Crippen LogP contribution is -2.40. The molecule has 1 atom stereocenters. The molecule has 0 aliphatic rings. The summed E-state index contributed by atoms with van der Waals surface area (Å²) in [7, 11) is 0. The molecule has 24 heavy (non-hydrogen) atoms. The number of amides is 1. The minimum atomic E-state index is -0.852. The summed E-state index contributed by atoms with van der Waals surface area (Å²) in [4.78, 5) is 38.7. The van der Waals surface area contributed by atoms with Crippen molar-refractivity contribution in [3.05, 3.63) is 56.1 Å². The van der Waals surface area contributed by atoms with Gasteiger partial charge >= 0.3 is 5.69 Å². The molecule has 1 aromatic carbocycles. The highest BCUT2D eigenvalue weighted by Crippen LogP contribution is 2.18. The summed E-state index contributed by atoms with van der Waals surface area (Å²) in [5, 5.41) is 2.51. The van der Waals surface area contributed by atoms with Crippen LogP contribution in [0.5, 0.6) is 5.75 Å². The van der Waals surface area contributed by atoms with Gasteiger partial charge in [-0.25, -0.2) is 9.18 Å². The first-order chi connectivity index (χ1) is 11.3. The summed E-state index contributed by atoms with van der Waals surface area (Å²) in [5.41, 5.74) is 3.88. The number of nitrogens with one attached hydrogen (secondary N) is 3. The molecule has 128 valence electrons. The van der Waals surface area contributed by atoms with Gasteiger partial charge in [-0.1, -0.05) is 6.07 Å². The molecule has 5 N–H and O–H groups in total. The van der Waals surface area contributed by atoms with E-state index in [1.165, 1.54) is 12.1 Å². The Kier molecular flexibility index (Phi) is 5.02. The van der Waals surface area contributed by atoms with Gasteiger partial charge < -0.3 is 20.8 Å². The Morgan fingerprint density at radius 2 is 2.08 bits per heavy atom. The molecule has 0 saturated heterocycles. The van der Waals surface area contributed by atoms with Gasteiger partial charge in [0.1, 0.15) is 18.0 Å². The maximum Gasteiger partial charge on any atom is 0.326 e. The number of hydrogen-bond acceptors (Lipinski definition) is 5. The fourth-order valence-corrected chi connectivity index (χ4v) is 1.95. The van der Waals surface area contributed by atoms with Gasteiger partial charge in [-0.05, 0) is 31.5 Å². The Morgan fingerprint density at radius 1 is 1.38 bits per heavy atom. The second-order valence-electron chi connectivity index (χ2n) is 5.32. The van der Waals surface area contributed by atoms with E-state index in [-0.39, 0.29) is 18.1 Å². The molecule has 0 bridgehead atoms. The molecular weight excluding hydrogens is 319 g/mol. The first-order valence-electron chi connectivity index (χ1n) is 7.10. The van der Waals surface area contributed by atoms with Gasteiger partial charge in [0.25, 0.3) is 11.5 Å². The van der Waals surface area contributed by atoms with Crippen molar-refractivity contribution in [2.24, 2.45) is 0 Å². The van der Waals surface area contributed by atoms with Crippen LogP contribution in [0.2, 0.25) is 0 Å². The first-order valence-corrected chi connectivity index (χ1v) is 7.10. The van der Waals surface area contributed by atoms with Gasteiger partial charge in [0, 0.05) is 0 Å². The van der Waals surface area contributed by atoms with Crippen LogP contribution in [0.3, 0.4) is 0 Å². The van der Waals surface area contributed by atoms with E-state index in [0.29, 0.717) is 0 Å². The summed E-state index contributed by atoms with van der Waals surface area (Å²) in [6, 6.07) is 3.91. The van der Waals surface area contributed by atoms with Gasteiger partial charge in [0.05, 0.1) is 6.04 Å². The molecule has 0 saturated carbocycles. The van der Waals surface area contributed by atoms with Crippen LogP contribution in [0, 0.1) is 12.7 Å². The number of H-pyrrole nitrogens is 2. The largest absolute Gasteiger partial charge is 0.488 e. The third kappa shape index (κ3) is 4.00. The predicted octanol–water partition coefficient (Wildman–Crippen LogP) is 0.290. The number of ether oxygens (including phenoxy) is 1. The highest BCUT2D eigenvalue weighted by Gasteiger charge is 2.17. The fraction of sp³-hybridized carbons (Fsp3) is 0.267. The Morgan fingerprint density at radius 3 is 2.79 bits per heavy atom. The third-order valence-corrected chi connectivity index (χ3v) is 3.16. The molecule has 0 spiro atoms. The van der Waals surface area contributed by atoms with E-state index >= 15 is 0 Å². The maximum absolute atomic E-state index is 13.6. The van der Waals surface area contributed by atoms with E-state index in [0.717, 1.165) is 5.56 Å². The molecule has 0 radical (unpaired) electrons. The average molecular weight is 336 g/mol. The fourth-order valence-electron chi connectivity index (χ4n) is 1.95. The molecule has 0 fully saturated rings. The SMILES string of the molecule is Cc1ccc(F)c(OC[C@@H](C)NC(=O)c2[nH]c(=O)[nH]c(=O)c2N)c1. The van der Waals surface area contributed by atoms with Crippen molar-refractivity contribution in [2.45, 2.75) is 19.9 Å². The lowest BCUT2D eigenvalue weighted by atomic mass is 10.2. The van der Waals surface area contributed by atoms with E-state index in [9.17, 15) is 18.8 Å². The lowest BCUT2D eigenvalue weighted by Gasteiger charge is -2.16. The second kappa shape index (κ2) is 6.99. The molecule has 1 amide bonds. The van der Waals surface area contributed by atoms with E-state index in [1.54, 1.807) is 19.9 Å². The normalized spacial score (nSPS) is 11.8. The van der Waals surface area contributed by atoms with Gasteiger partial charge in [0.2, 0.25) is 0 Å². The minimum absolute atomic E-state index is 0.0144. The Bertz CT molecular complexity index is 875. The molecule has 2 aromatic rings. The summed E-state index contributed by atoms with van der Waals surface area (Å²) < 4.78 is 18.9. The van der Waals surface area contributed by atoms with Crippen molar-refractivity contribution in [3.8, 4) is 5.75 Å². The summed E-state index contributed by atoms with van der Waals surface area (Å²) in [6.45, 7) is 3.40. The Balaban J connectivity index is 2.03. The number of nitrogens with two attached hydrogens (primary N) is 1. The standard InChI is InChI=1S/C15H17FN4O4/c1-7-3-4-9(16)10(5-7)24-6-8(2)18-14(22)12-11(17)13(21)20-15(23)19-12/h3-5,8H,6,17H2,1-2H3,(H,18,22)(H2,19,20,21,23)/t8-/m1/s1. The topological polar surface area (TPSA) is 130 Å². The van der Waals surface area contributed by atoms with Crippen LogP contribution in [0.1, 0.15) is 23.0 Å². The van der Waals surface area contributed by atoms with Crippen LogP contribution in [0.4, 0.5) is 10.1 Å². The van der Waals surface area contributed by atoms with Crippen LogP contribution in [-0.4, -0.2) is 28.5 Å². The van der Waals surface area contributed by atoms with Crippen LogP contribution >= 0.6 is 0 Å². The van der Waals surface area contributed by atoms with Crippen molar-refractivity contribution < 1.29 is 13.9 Å². The number of carbonyl (C=O) groups excluding carboxylic acids is 1. The number of aryl methyl sites for hydroxylation is 1. The predicted molar refractivity (Wildman–Crippen MR) is 85.7 cm³/mol. The van der Waals surface area contributed by atoms with Crippen LogP contribution in [-0.2, 0) is 0 Å². The number of aromatic nitrogens is 2. The van der Waals surface area contributed by atoms with Crippen LogP contribution in [0.25, 0.3) is 0 Å². The van der Waals surface area contributed by atoms with Crippen molar-refractivity contribution >= 4 is 11.6 Å². The smallest absolute Gasteiger partial charge is 0.326 e. The minimum Gasteiger partial charge on any atom is -0.488 e. The maximum atomic E-state index is 13.6. The van der Waals surface area contributed by atoms with Crippen molar-refractivity contribution in [2.75, 3.05) is 12.3 Å². The molecular formula is C15H17FN4O4. The van der Waals surface area contributed by atoms with E-state index in [4.69, 9.17) is 10.5 Å². The number of halogens is 1. The molecule has 1 aromatic heterocycles. The zero-order chi connectivity index (χ0) is 17.9. The molecule has 8 nitrogen and oxygen atoms in total. The van der Waals surface area contributed by atoms with Gasteiger partial charge in [-0.2, -0.15) is 0 Å². The van der Waals surface area contributed by atoms with Crippen LogP contribution < -0.4 is 27.0 Å². The van der Waals surface area contributed by atoms with E-state index in [1.807, 2.05) is 4.98 Å². The van der Waals surface area contributed by atoms with Gasteiger partial charge in [-0.3, -0.25) is 14.6 Å². The van der Waals surface area contributed by atoms with Crippen molar-refractivity contribution in [3.63, 3.8) is 0 Å². The molecule has 0 aliphatic carbocycles. The number of aromatic amines is 2. The number of anilines is 1. The monoisotopic (exact) mass is 336 g/mol.